The van der Waals surface area contributed by atoms with Gasteiger partial charge in [-0.3, -0.25) is 4.79 Å². The molecule has 0 bridgehead atoms. The van der Waals surface area contributed by atoms with E-state index in [1.165, 1.54) is 5.56 Å². The highest BCUT2D eigenvalue weighted by Gasteiger charge is 2.31. The minimum atomic E-state index is -0.0719. The normalized spacial score (nSPS) is 24.4. The van der Waals surface area contributed by atoms with Gasteiger partial charge in [-0.1, -0.05) is 25.1 Å². The van der Waals surface area contributed by atoms with Gasteiger partial charge >= 0.3 is 0 Å². The Morgan fingerprint density at radius 2 is 2.12 bits per heavy atom. The largest absolute Gasteiger partial charge is 0.311 e. The van der Waals surface area contributed by atoms with E-state index in [1.54, 1.807) is 0 Å². The summed E-state index contributed by atoms with van der Waals surface area (Å²) in [6.07, 6.45) is 0.864. The summed E-state index contributed by atoms with van der Waals surface area (Å²) in [5.74, 6) is 0.593. The van der Waals surface area contributed by atoms with Crippen molar-refractivity contribution >= 4 is 11.6 Å². The second-order valence-corrected chi connectivity index (χ2v) is 4.62. The minimum Gasteiger partial charge on any atom is -0.311 e. The van der Waals surface area contributed by atoms with Gasteiger partial charge in [0.05, 0.1) is 6.04 Å². The molecular formula is C14H20N2O. The summed E-state index contributed by atoms with van der Waals surface area (Å²) in [6, 6.07) is 8.16. The van der Waals surface area contributed by atoms with Crippen molar-refractivity contribution in [3.05, 3.63) is 29.8 Å². The van der Waals surface area contributed by atoms with Crippen LogP contribution in [0.1, 0.15) is 31.7 Å². The van der Waals surface area contributed by atoms with E-state index in [1.807, 2.05) is 37.1 Å². The van der Waals surface area contributed by atoms with Gasteiger partial charge in [0, 0.05) is 12.2 Å². The van der Waals surface area contributed by atoms with Gasteiger partial charge in [0.2, 0.25) is 5.91 Å². The molecule has 2 rings (SSSR count). The molecule has 1 N–H and O–H groups in total. The van der Waals surface area contributed by atoms with Crippen LogP contribution in [0, 0.1) is 0 Å². The fourth-order valence-corrected chi connectivity index (χ4v) is 2.61. The number of nitrogens with one attached hydrogen (secondary N) is 1. The first-order valence-corrected chi connectivity index (χ1v) is 6.26. The van der Waals surface area contributed by atoms with Gasteiger partial charge in [0.15, 0.2) is 0 Å². The number of fused-ring (bicyclic) bond motifs is 1. The van der Waals surface area contributed by atoms with E-state index in [-0.39, 0.29) is 11.9 Å². The Morgan fingerprint density at radius 3 is 2.76 bits per heavy atom. The van der Waals surface area contributed by atoms with Gasteiger partial charge in [0.1, 0.15) is 0 Å². The molecule has 1 heterocycles. The van der Waals surface area contributed by atoms with Crippen molar-refractivity contribution in [2.75, 3.05) is 18.5 Å². The summed E-state index contributed by atoms with van der Waals surface area (Å²) in [7, 11) is 1.86. The number of hydrogen-bond acceptors (Lipinski definition) is 2. The summed E-state index contributed by atoms with van der Waals surface area (Å²) < 4.78 is 0. The predicted molar refractivity (Wildman–Crippen MR) is 70.3 cm³/mol. The van der Waals surface area contributed by atoms with Crippen LogP contribution in [0.3, 0.4) is 0 Å². The first-order chi connectivity index (χ1) is 8.19. The van der Waals surface area contributed by atoms with E-state index in [9.17, 15) is 4.79 Å². The number of likely N-dealkylation sites (N-methyl/N-ethyl adjacent to an activating group) is 2. The average Bonchev–Trinajstić information content (AvgIpc) is 2.46. The fraction of sp³-hybridized carbons (Fsp3) is 0.500. The smallest absolute Gasteiger partial charge is 0.244 e. The lowest BCUT2D eigenvalue weighted by Gasteiger charge is -2.24. The van der Waals surface area contributed by atoms with Crippen molar-refractivity contribution in [1.29, 1.82) is 0 Å². The Hall–Kier alpha value is -1.35. The van der Waals surface area contributed by atoms with E-state index in [0.29, 0.717) is 5.92 Å². The highest BCUT2D eigenvalue weighted by Crippen LogP contribution is 2.34. The lowest BCUT2D eigenvalue weighted by Crippen LogP contribution is -2.44. The van der Waals surface area contributed by atoms with Gasteiger partial charge in [-0.05, 0) is 37.9 Å². The van der Waals surface area contributed by atoms with Crippen LogP contribution >= 0.6 is 0 Å². The van der Waals surface area contributed by atoms with Crippen LogP contribution in [-0.2, 0) is 4.79 Å². The first kappa shape index (κ1) is 12.1. The third kappa shape index (κ3) is 2.07. The quantitative estimate of drug-likeness (QED) is 0.847. The van der Waals surface area contributed by atoms with Crippen molar-refractivity contribution in [2.24, 2.45) is 0 Å². The molecule has 2 unspecified atom stereocenters. The molecule has 92 valence electrons. The summed E-state index contributed by atoms with van der Waals surface area (Å²) in [4.78, 5) is 14.3. The highest BCUT2D eigenvalue weighted by molar-refractivity contribution is 5.98. The second-order valence-electron chi connectivity index (χ2n) is 4.62. The van der Waals surface area contributed by atoms with Gasteiger partial charge in [-0.25, -0.2) is 0 Å². The molecule has 0 aromatic heterocycles. The molecule has 0 spiro atoms. The maximum absolute atomic E-state index is 12.4. The lowest BCUT2D eigenvalue weighted by molar-refractivity contribution is -0.120. The van der Waals surface area contributed by atoms with Crippen molar-refractivity contribution < 1.29 is 4.79 Å². The van der Waals surface area contributed by atoms with Crippen LogP contribution in [0.25, 0.3) is 0 Å². The number of anilines is 1. The monoisotopic (exact) mass is 232 g/mol. The molecule has 0 fully saturated rings. The summed E-state index contributed by atoms with van der Waals surface area (Å²) in [6.45, 7) is 4.94. The maximum atomic E-state index is 12.4. The summed E-state index contributed by atoms with van der Waals surface area (Å²) >= 11 is 0. The minimum absolute atomic E-state index is 0.0719. The number of rotatable bonds is 2. The Morgan fingerprint density at radius 1 is 1.41 bits per heavy atom. The molecule has 1 aliphatic rings. The van der Waals surface area contributed by atoms with Crippen LogP contribution in [0.5, 0.6) is 0 Å². The summed E-state index contributed by atoms with van der Waals surface area (Å²) in [5, 5.41) is 3.13. The lowest BCUT2D eigenvalue weighted by atomic mass is 9.94. The maximum Gasteiger partial charge on any atom is 0.244 e. The molecule has 17 heavy (non-hydrogen) atoms. The Bertz CT molecular complexity index is 416. The SMILES string of the molecule is CCN1C(=O)C(NC)CC(C)c2ccccc21. The standard InChI is InChI=1S/C14H20N2O/c1-4-16-13-8-6-5-7-11(13)10(2)9-12(15-3)14(16)17/h5-8,10,12,15H,4,9H2,1-3H3. The summed E-state index contributed by atoms with van der Waals surface area (Å²) in [5.41, 5.74) is 2.35. The number of carbonyl (C=O) groups excluding carboxylic acids is 1. The van der Waals surface area contributed by atoms with Gasteiger partial charge in [0.25, 0.3) is 0 Å². The molecule has 1 aromatic carbocycles. The van der Waals surface area contributed by atoms with Gasteiger partial charge in [-0.2, -0.15) is 0 Å². The fourth-order valence-electron chi connectivity index (χ4n) is 2.61. The van der Waals surface area contributed by atoms with Crippen molar-refractivity contribution in [3.63, 3.8) is 0 Å². The van der Waals surface area contributed by atoms with Crippen LogP contribution in [0.15, 0.2) is 24.3 Å². The van der Waals surface area contributed by atoms with Crippen LogP contribution in [-0.4, -0.2) is 25.5 Å². The van der Waals surface area contributed by atoms with E-state index < -0.39 is 0 Å². The molecule has 0 saturated heterocycles. The predicted octanol–water partition coefficient (Wildman–Crippen LogP) is 2.13. The number of benzene rings is 1. The van der Waals surface area contributed by atoms with E-state index >= 15 is 0 Å². The second kappa shape index (κ2) is 4.88. The van der Waals surface area contributed by atoms with Crippen LogP contribution in [0.2, 0.25) is 0 Å². The molecule has 3 nitrogen and oxygen atoms in total. The van der Waals surface area contributed by atoms with Gasteiger partial charge < -0.3 is 10.2 Å². The van der Waals surface area contributed by atoms with Crippen LogP contribution < -0.4 is 10.2 Å². The molecule has 1 aromatic rings. The molecule has 1 aliphatic heterocycles. The third-order valence-corrected chi connectivity index (χ3v) is 3.58. The Labute approximate surface area is 103 Å². The molecule has 0 aliphatic carbocycles. The molecule has 0 saturated carbocycles. The van der Waals surface area contributed by atoms with Crippen molar-refractivity contribution in [1.82, 2.24) is 5.32 Å². The number of nitrogens with zero attached hydrogens (tertiary/aromatic N) is 1. The topological polar surface area (TPSA) is 32.3 Å². The Balaban J connectivity index is 2.49. The average molecular weight is 232 g/mol. The van der Waals surface area contributed by atoms with E-state index in [4.69, 9.17) is 0 Å². The van der Waals surface area contributed by atoms with Crippen LogP contribution in [0.4, 0.5) is 5.69 Å². The molecule has 0 radical (unpaired) electrons. The van der Waals surface area contributed by atoms with Gasteiger partial charge in [-0.15, -0.1) is 0 Å². The number of carbonyl (C=O) groups is 1. The molecule has 2 atom stereocenters. The third-order valence-electron chi connectivity index (χ3n) is 3.58. The zero-order valence-corrected chi connectivity index (χ0v) is 10.7. The van der Waals surface area contributed by atoms with Crippen molar-refractivity contribution in [3.8, 4) is 0 Å². The molecular weight excluding hydrogens is 212 g/mol. The number of hydrogen-bond donors (Lipinski definition) is 1. The molecule has 1 amide bonds. The van der Waals surface area contributed by atoms with E-state index in [2.05, 4.69) is 18.3 Å². The number of para-hydroxylation sites is 1. The number of amides is 1. The van der Waals surface area contributed by atoms with Crippen molar-refractivity contribution in [2.45, 2.75) is 32.2 Å². The Kier molecular flexibility index (Phi) is 3.48. The van der Waals surface area contributed by atoms with E-state index in [0.717, 1.165) is 18.7 Å². The first-order valence-electron chi connectivity index (χ1n) is 6.26. The zero-order chi connectivity index (χ0) is 12.4. The molecule has 3 heteroatoms. The highest BCUT2D eigenvalue weighted by atomic mass is 16.2. The zero-order valence-electron chi connectivity index (χ0n) is 10.7.